The van der Waals surface area contributed by atoms with E-state index in [1.54, 1.807) is 4.90 Å². The molecule has 1 aliphatic rings. The minimum absolute atomic E-state index is 0.0135. The number of amides is 1. The molecular weight excluding hydrogens is 336 g/mol. The predicted octanol–water partition coefficient (Wildman–Crippen LogP) is 5.25. The van der Waals surface area contributed by atoms with Crippen LogP contribution in [-0.4, -0.2) is 12.5 Å². The Morgan fingerprint density at radius 3 is 2.37 bits per heavy atom. The van der Waals surface area contributed by atoms with E-state index in [2.05, 4.69) is 12.2 Å². The van der Waals surface area contributed by atoms with Gasteiger partial charge in [0.15, 0.2) is 0 Å². The van der Waals surface area contributed by atoms with Crippen LogP contribution in [0.15, 0.2) is 78.9 Å². The lowest BCUT2D eigenvalue weighted by molar-refractivity contribution is 0.0975. The molecule has 0 unspecified atom stereocenters. The van der Waals surface area contributed by atoms with E-state index in [9.17, 15) is 4.79 Å². The summed E-state index contributed by atoms with van der Waals surface area (Å²) in [5, 5.41) is 3.51. The van der Waals surface area contributed by atoms with E-state index in [-0.39, 0.29) is 12.1 Å². The summed E-state index contributed by atoms with van der Waals surface area (Å²) in [6.07, 6.45) is 0.694. The molecule has 0 aliphatic carbocycles. The van der Waals surface area contributed by atoms with Crippen LogP contribution in [-0.2, 0) is 0 Å². The molecule has 1 N–H and O–H groups in total. The molecule has 3 aromatic rings. The third-order valence-corrected chi connectivity index (χ3v) is 4.63. The molecule has 3 aromatic carbocycles. The van der Waals surface area contributed by atoms with Crippen molar-refractivity contribution in [3.05, 3.63) is 90.0 Å². The number of anilines is 2. The Kier molecular flexibility index (Phi) is 4.79. The van der Waals surface area contributed by atoms with Crippen LogP contribution in [0.4, 0.5) is 11.4 Å². The van der Waals surface area contributed by atoms with Gasteiger partial charge in [-0.25, -0.2) is 0 Å². The van der Waals surface area contributed by atoms with E-state index in [4.69, 9.17) is 4.74 Å². The lowest BCUT2D eigenvalue weighted by Crippen LogP contribution is -2.43. The van der Waals surface area contributed by atoms with Gasteiger partial charge in [0.1, 0.15) is 11.9 Å². The quantitative estimate of drug-likeness (QED) is 0.677. The Morgan fingerprint density at radius 1 is 0.926 bits per heavy atom. The summed E-state index contributed by atoms with van der Waals surface area (Å²) in [4.78, 5) is 15.1. The molecule has 1 aliphatic heterocycles. The van der Waals surface area contributed by atoms with Crippen molar-refractivity contribution in [3.63, 3.8) is 0 Å². The van der Waals surface area contributed by atoms with Crippen LogP contribution in [0.2, 0.25) is 0 Å². The first kappa shape index (κ1) is 17.2. The summed E-state index contributed by atoms with van der Waals surface area (Å²) >= 11 is 0. The van der Waals surface area contributed by atoms with Gasteiger partial charge in [0.05, 0.1) is 12.2 Å². The highest BCUT2D eigenvalue weighted by Crippen LogP contribution is 2.36. The first-order valence-corrected chi connectivity index (χ1v) is 9.25. The fourth-order valence-corrected chi connectivity index (χ4v) is 3.31. The van der Waals surface area contributed by atoms with E-state index >= 15 is 0 Å². The second-order valence-corrected chi connectivity index (χ2v) is 6.52. The average Bonchev–Trinajstić information content (AvgIpc) is 2.73. The summed E-state index contributed by atoms with van der Waals surface area (Å²) in [5.74, 6) is 0.801. The van der Waals surface area contributed by atoms with Gasteiger partial charge in [-0.15, -0.1) is 0 Å². The van der Waals surface area contributed by atoms with Crippen molar-refractivity contribution in [1.29, 1.82) is 0 Å². The van der Waals surface area contributed by atoms with Crippen molar-refractivity contribution in [2.75, 3.05) is 16.8 Å². The summed E-state index contributed by atoms with van der Waals surface area (Å²) in [7, 11) is 0. The number of nitrogens with zero attached hydrogens (tertiary/aromatic N) is 1. The van der Waals surface area contributed by atoms with Crippen LogP contribution in [0.5, 0.6) is 5.75 Å². The number of para-hydroxylation sites is 1. The number of benzene rings is 3. The number of ether oxygens (including phenoxy) is 1. The van der Waals surface area contributed by atoms with Crippen LogP contribution in [0, 0.1) is 0 Å². The highest BCUT2D eigenvalue weighted by atomic mass is 16.5. The summed E-state index contributed by atoms with van der Waals surface area (Å²) < 4.78 is 5.67. The van der Waals surface area contributed by atoms with Gasteiger partial charge in [0, 0.05) is 11.4 Å². The molecule has 4 rings (SSSR count). The zero-order valence-electron chi connectivity index (χ0n) is 15.3. The van der Waals surface area contributed by atoms with Crippen molar-refractivity contribution >= 4 is 17.3 Å². The largest absolute Gasteiger partial charge is 0.494 e. The van der Waals surface area contributed by atoms with Crippen molar-refractivity contribution in [3.8, 4) is 5.75 Å². The number of nitrogens with one attached hydrogen (secondary N) is 1. The van der Waals surface area contributed by atoms with E-state index in [1.165, 1.54) is 0 Å². The van der Waals surface area contributed by atoms with E-state index in [1.807, 2.05) is 78.9 Å². The Morgan fingerprint density at radius 2 is 1.63 bits per heavy atom. The van der Waals surface area contributed by atoms with Crippen molar-refractivity contribution in [2.45, 2.75) is 19.5 Å². The van der Waals surface area contributed by atoms with Crippen LogP contribution in [0.1, 0.15) is 35.4 Å². The molecule has 136 valence electrons. The van der Waals surface area contributed by atoms with Crippen molar-refractivity contribution < 1.29 is 9.53 Å². The lowest BCUT2D eigenvalue weighted by Gasteiger charge is -2.38. The first-order chi connectivity index (χ1) is 13.3. The standard InChI is InChI=1S/C23H22N2O2/c1-2-16-27-19-14-12-18(13-15-19)25-22(17-8-4-3-5-9-17)24-21-11-7-6-10-20(21)23(25)26/h3-15,22,24H,2,16H2,1H3/t22-/m0/s1. The molecule has 4 nitrogen and oxygen atoms in total. The molecule has 27 heavy (non-hydrogen) atoms. The van der Waals surface area contributed by atoms with Crippen molar-refractivity contribution in [2.24, 2.45) is 0 Å². The molecule has 1 amide bonds. The van der Waals surface area contributed by atoms with E-state index < -0.39 is 0 Å². The van der Waals surface area contributed by atoms with Gasteiger partial charge in [-0.2, -0.15) is 0 Å². The molecule has 0 radical (unpaired) electrons. The smallest absolute Gasteiger partial charge is 0.262 e. The minimum Gasteiger partial charge on any atom is -0.494 e. The Labute approximate surface area is 159 Å². The van der Waals surface area contributed by atoms with Gasteiger partial charge in [-0.1, -0.05) is 49.4 Å². The molecule has 0 saturated carbocycles. The fourth-order valence-electron chi connectivity index (χ4n) is 3.31. The Bertz CT molecular complexity index is 923. The number of carbonyl (C=O) groups is 1. The number of hydrogen-bond acceptors (Lipinski definition) is 3. The SMILES string of the molecule is CCCOc1ccc(N2C(=O)c3ccccc3N[C@@H]2c2ccccc2)cc1. The molecule has 1 heterocycles. The normalized spacial score (nSPS) is 15.8. The zero-order valence-corrected chi connectivity index (χ0v) is 15.3. The predicted molar refractivity (Wildman–Crippen MR) is 108 cm³/mol. The molecule has 0 bridgehead atoms. The van der Waals surface area contributed by atoms with E-state index in [0.29, 0.717) is 12.2 Å². The molecule has 0 spiro atoms. The highest BCUT2D eigenvalue weighted by Gasteiger charge is 2.33. The number of fused-ring (bicyclic) bond motifs is 1. The summed E-state index contributed by atoms with van der Waals surface area (Å²) in [6.45, 7) is 2.76. The van der Waals surface area contributed by atoms with E-state index in [0.717, 1.165) is 29.1 Å². The van der Waals surface area contributed by atoms with Crippen molar-refractivity contribution in [1.82, 2.24) is 0 Å². The van der Waals surface area contributed by atoms with Crippen LogP contribution in [0.25, 0.3) is 0 Å². The molecule has 0 aromatic heterocycles. The van der Waals surface area contributed by atoms with Crippen LogP contribution < -0.4 is 15.0 Å². The number of carbonyl (C=O) groups excluding carboxylic acids is 1. The lowest BCUT2D eigenvalue weighted by atomic mass is 10.0. The maximum absolute atomic E-state index is 13.3. The Balaban J connectivity index is 1.74. The Hall–Kier alpha value is -3.27. The van der Waals surface area contributed by atoms with Gasteiger partial charge in [-0.3, -0.25) is 9.69 Å². The van der Waals surface area contributed by atoms with Gasteiger partial charge in [-0.05, 0) is 48.4 Å². The van der Waals surface area contributed by atoms with Gasteiger partial charge < -0.3 is 10.1 Å². The van der Waals surface area contributed by atoms with Gasteiger partial charge in [0.25, 0.3) is 5.91 Å². The van der Waals surface area contributed by atoms with Crippen LogP contribution in [0.3, 0.4) is 0 Å². The molecule has 4 heteroatoms. The average molecular weight is 358 g/mol. The molecule has 0 saturated heterocycles. The van der Waals surface area contributed by atoms with Crippen LogP contribution >= 0.6 is 0 Å². The fraction of sp³-hybridized carbons (Fsp3) is 0.174. The molecular formula is C23H22N2O2. The first-order valence-electron chi connectivity index (χ1n) is 9.25. The highest BCUT2D eigenvalue weighted by molar-refractivity contribution is 6.12. The number of hydrogen-bond donors (Lipinski definition) is 1. The summed E-state index contributed by atoms with van der Waals surface area (Å²) in [6, 6.07) is 25.4. The topological polar surface area (TPSA) is 41.6 Å². The summed E-state index contributed by atoms with van der Waals surface area (Å²) in [5.41, 5.74) is 3.40. The third-order valence-electron chi connectivity index (χ3n) is 4.63. The second kappa shape index (κ2) is 7.54. The minimum atomic E-state index is -0.268. The zero-order chi connectivity index (χ0) is 18.6. The van der Waals surface area contributed by atoms with Gasteiger partial charge >= 0.3 is 0 Å². The maximum Gasteiger partial charge on any atom is 0.262 e. The second-order valence-electron chi connectivity index (χ2n) is 6.52. The number of rotatable bonds is 5. The third kappa shape index (κ3) is 3.38. The van der Waals surface area contributed by atoms with Gasteiger partial charge in [0.2, 0.25) is 0 Å². The maximum atomic E-state index is 13.3. The monoisotopic (exact) mass is 358 g/mol. The molecule has 0 fully saturated rings. The molecule has 1 atom stereocenters.